The van der Waals surface area contributed by atoms with Crippen LogP contribution in [0.25, 0.3) is 10.8 Å². The first-order valence-corrected chi connectivity index (χ1v) is 8.75. The number of hydrogen-bond acceptors (Lipinski definition) is 4. The van der Waals surface area contributed by atoms with Crippen molar-refractivity contribution in [3.63, 3.8) is 0 Å². The molecule has 0 aliphatic rings. The summed E-state index contributed by atoms with van der Waals surface area (Å²) in [6, 6.07) is 12.9. The fourth-order valence-electron chi connectivity index (χ4n) is 2.70. The number of carbonyl (C=O) groups is 1. The highest BCUT2D eigenvalue weighted by molar-refractivity contribution is 5.88. The van der Waals surface area contributed by atoms with Crippen molar-refractivity contribution in [2.45, 2.75) is 19.3 Å². The zero-order valence-corrected chi connectivity index (χ0v) is 14.7. The predicted octanol–water partition coefficient (Wildman–Crippen LogP) is 2.58. The lowest BCUT2D eigenvalue weighted by molar-refractivity contribution is -0.120. The monoisotopic (exact) mass is 369 g/mol. The van der Waals surface area contributed by atoms with Gasteiger partial charge in [0.2, 0.25) is 5.91 Å². The number of unbranched alkanes of at least 4 members (excludes halogenated alkanes) is 1. The Morgan fingerprint density at radius 2 is 1.81 bits per heavy atom. The molecule has 0 saturated carbocycles. The molecule has 0 saturated heterocycles. The molecule has 1 amide bonds. The number of benzene rings is 2. The Bertz CT molecular complexity index is 970. The predicted molar refractivity (Wildman–Crippen MR) is 100 cm³/mol. The Labute approximate surface area is 155 Å². The van der Waals surface area contributed by atoms with E-state index in [1.807, 2.05) is 6.07 Å². The Kier molecular flexibility index (Phi) is 6.14. The maximum absolute atomic E-state index is 12.8. The molecule has 0 bridgehead atoms. The quantitative estimate of drug-likeness (QED) is 0.598. The maximum atomic E-state index is 12.8. The third-order valence-corrected chi connectivity index (χ3v) is 4.08. The summed E-state index contributed by atoms with van der Waals surface area (Å²) in [5.74, 6) is 0.172. The molecule has 1 heterocycles. The van der Waals surface area contributed by atoms with Crippen LogP contribution in [0.3, 0.4) is 0 Å². The molecule has 6 nitrogen and oxygen atoms in total. The van der Waals surface area contributed by atoms with Crippen molar-refractivity contribution in [1.82, 2.24) is 15.5 Å². The molecule has 0 spiro atoms. The lowest BCUT2D eigenvalue weighted by Crippen LogP contribution is -2.27. The van der Waals surface area contributed by atoms with Gasteiger partial charge in [-0.15, -0.1) is 0 Å². The molecule has 140 valence electrons. The van der Waals surface area contributed by atoms with Gasteiger partial charge >= 0.3 is 0 Å². The molecular weight excluding hydrogens is 349 g/mol. The van der Waals surface area contributed by atoms with E-state index in [9.17, 15) is 14.0 Å². The van der Waals surface area contributed by atoms with Crippen LogP contribution >= 0.6 is 0 Å². The number of carbonyl (C=O) groups excluding carboxylic acids is 1. The number of rotatable bonds is 8. The molecule has 3 rings (SSSR count). The molecule has 1 aromatic heterocycles. The van der Waals surface area contributed by atoms with Crippen LogP contribution in [-0.2, 0) is 11.2 Å². The maximum Gasteiger partial charge on any atom is 0.272 e. The molecule has 2 aromatic carbocycles. The third-order valence-electron chi connectivity index (χ3n) is 4.08. The lowest BCUT2D eigenvalue weighted by atomic mass is 10.1. The summed E-state index contributed by atoms with van der Waals surface area (Å²) in [5, 5.41) is 10.5. The second kappa shape index (κ2) is 8.93. The molecule has 2 N–H and O–H groups in total. The van der Waals surface area contributed by atoms with Crippen LogP contribution in [-0.4, -0.2) is 29.3 Å². The van der Waals surface area contributed by atoms with Gasteiger partial charge in [-0.2, -0.15) is 5.10 Å². The zero-order chi connectivity index (χ0) is 19.1. The number of nitrogens with zero attached hydrogens (tertiary/aromatic N) is 1. The standard InChI is InChI=1S/C20H20FN3O3/c21-14-7-9-15(10-8-14)27-12-4-3-11-22-19(25)13-18-16-5-1-2-6-17(16)20(26)24-23-18/h1-2,5-10H,3-4,11-13H2,(H,22,25)(H,24,26). The fraction of sp³-hybridized carbons (Fsp3) is 0.250. The van der Waals surface area contributed by atoms with Crippen molar-refractivity contribution in [2.24, 2.45) is 0 Å². The minimum atomic E-state index is -0.296. The number of aromatic amines is 1. The first kappa shape index (κ1) is 18.6. The Morgan fingerprint density at radius 3 is 2.59 bits per heavy atom. The highest BCUT2D eigenvalue weighted by Crippen LogP contribution is 2.13. The van der Waals surface area contributed by atoms with Crippen molar-refractivity contribution in [1.29, 1.82) is 0 Å². The van der Waals surface area contributed by atoms with E-state index in [-0.39, 0.29) is 23.7 Å². The average Bonchev–Trinajstić information content (AvgIpc) is 2.68. The van der Waals surface area contributed by atoms with Gasteiger partial charge in [-0.25, -0.2) is 9.49 Å². The normalized spacial score (nSPS) is 10.7. The van der Waals surface area contributed by atoms with Gasteiger partial charge in [0.05, 0.1) is 24.1 Å². The minimum Gasteiger partial charge on any atom is -0.494 e. The third kappa shape index (κ3) is 5.13. The van der Waals surface area contributed by atoms with Gasteiger partial charge < -0.3 is 10.1 Å². The van der Waals surface area contributed by atoms with Crippen LogP contribution in [0.15, 0.2) is 53.3 Å². The molecule has 0 fully saturated rings. The Hall–Kier alpha value is -3.22. The van der Waals surface area contributed by atoms with E-state index < -0.39 is 0 Å². The summed E-state index contributed by atoms with van der Waals surface area (Å²) in [6.45, 7) is 1.01. The van der Waals surface area contributed by atoms with Gasteiger partial charge in [0.25, 0.3) is 5.56 Å². The smallest absolute Gasteiger partial charge is 0.272 e. The first-order chi connectivity index (χ1) is 13.1. The van der Waals surface area contributed by atoms with Crippen LogP contribution in [0.2, 0.25) is 0 Å². The summed E-state index contributed by atoms with van der Waals surface area (Å²) in [4.78, 5) is 23.9. The van der Waals surface area contributed by atoms with Crippen molar-refractivity contribution in [3.05, 3.63) is 70.4 Å². The minimum absolute atomic E-state index is 0.101. The number of aromatic nitrogens is 2. The second-order valence-electron chi connectivity index (χ2n) is 6.08. The molecule has 3 aromatic rings. The zero-order valence-electron chi connectivity index (χ0n) is 14.7. The van der Waals surface area contributed by atoms with Crippen LogP contribution in [0.5, 0.6) is 5.75 Å². The largest absolute Gasteiger partial charge is 0.494 e. The van der Waals surface area contributed by atoms with Crippen LogP contribution < -0.4 is 15.6 Å². The number of fused-ring (bicyclic) bond motifs is 1. The van der Waals surface area contributed by atoms with E-state index in [1.54, 1.807) is 30.3 Å². The SMILES string of the molecule is O=C(Cc1n[nH]c(=O)c2ccccc12)NCCCCOc1ccc(F)cc1. The van der Waals surface area contributed by atoms with E-state index in [4.69, 9.17) is 4.74 Å². The van der Waals surface area contributed by atoms with E-state index in [1.165, 1.54) is 12.1 Å². The van der Waals surface area contributed by atoms with Gasteiger partial charge in [0.15, 0.2) is 0 Å². The van der Waals surface area contributed by atoms with Crippen LogP contribution in [0, 0.1) is 5.82 Å². The number of hydrogen-bond donors (Lipinski definition) is 2. The van der Waals surface area contributed by atoms with E-state index >= 15 is 0 Å². The second-order valence-corrected chi connectivity index (χ2v) is 6.08. The van der Waals surface area contributed by atoms with Gasteiger partial charge in [-0.1, -0.05) is 18.2 Å². The van der Waals surface area contributed by atoms with Crippen molar-refractivity contribution in [2.75, 3.05) is 13.2 Å². The van der Waals surface area contributed by atoms with Crippen molar-refractivity contribution < 1.29 is 13.9 Å². The summed E-state index contributed by atoms with van der Waals surface area (Å²) < 4.78 is 18.3. The van der Waals surface area contributed by atoms with Crippen LogP contribution in [0.1, 0.15) is 18.5 Å². The summed E-state index contributed by atoms with van der Waals surface area (Å²) >= 11 is 0. The van der Waals surface area contributed by atoms with E-state index in [0.717, 1.165) is 12.8 Å². The number of ether oxygens (including phenoxy) is 1. The Morgan fingerprint density at radius 1 is 1.07 bits per heavy atom. The molecule has 0 unspecified atom stereocenters. The summed E-state index contributed by atoms with van der Waals surface area (Å²) in [6.07, 6.45) is 1.62. The van der Waals surface area contributed by atoms with Gasteiger partial charge in [0.1, 0.15) is 11.6 Å². The van der Waals surface area contributed by atoms with Crippen LogP contribution in [0.4, 0.5) is 4.39 Å². The highest BCUT2D eigenvalue weighted by Gasteiger charge is 2.10. The lowest BCUT2D eigenvalue weighted by Gasteiger charge is -2.08. The molecular formula is C20H20FN3O3. The fourth-order valence-corrected chi connectivity index (χ4v) is 2.70. The molecule has 0 aliphatic carbocycles. The highest BCUT2D eigenvalue weighted by atomic mass is 19.1. The van der Waals surface area contributed by atoms with Gasteiger partial charge in [-0.05, 0) is 43.2 Å². The summed E-state index contributed by atoms with van der Waals surface area (Å²) in [7, 11) is 0. The van der Waals surface area contributed by atoms with Crippen molar-refractivity contribution in [3.8, 4) is 5.75 Å². The molecule has 7 heteroatoms. The number of H-pyrrole nitrogens is 1. The van der Waals surface area contributed by atoms with E-state index in [2.05, 4.69) is 15.5 Å². The van der Waals surface area contributed by atoms with Gasteiger partial charge in [-0.3, -0.25) is 9.59 Å². The number of amides is 1. The van der Waals surface area contributed by atoms with Crippen molar-refractivity contribution >= 4 is 16.7 Å². The molecule has 27 heavy (non-hydrogen) atoms. The average molecular weight is 369 g/mol. The van der Waals surface area contributed by atoms with Gasteiger partial charge in [0, 0.05) is 11.9 Å². The Balaban J connectivity index is 1.41. The molecule has 0 atom stereocenters. The topological polar surface area (TPSA) is 84.1 Å². The number of nitrogens with one attached hydrogen (secondary N) is 2. The summed E-state index contributed by atoms with van der Waals surface area (Å²) in [5.41, 5.74) is 0.276. The number of halogens is 1. The van der Waals surface area contributed by atoms with E-state index in [0.29, 0.717) is 35.4 Å². The first-order valence-electron chi connectivity index (χ1n) is 8.75. The molecule has 0 aliphatic heterocycles. The molecule has 0 radical (unpaired) electrons.